The molecule has 1 N–H and O–H groups in total. The van der Waals surface area contributed by atoms with Gasteiger partial charge in [-0.3, -0.25) is 0 Å². The Morgan fingerprint density at radius 3 is 2.67 bits per heavy atom. The van der Waals surface area contributed by atoms with Gasteiger partial charge in [0, 0.05) is 0 Å². The van der Waals surface area contributed by atoms with Crippen molar-refractivity contribution in [3.05, 3.63) is 23.7 Å². The fraction of sp³-hybridized carbons (Fsp3) is 0.692. The van der Waals surface area contributed by atoms with E-state index in [-0.39, 0.29) is 0 Å². The predicted molar refractivity (Wildman–Crippen MR) is 63.8 cm³/mol. The zero-order chi connectivity index (χ0) is 11.1. The maximum absolute atomic E-state index is 5.47. The molecule has 0 radical (unpaired) electrons. The molecule has 2 nitrogen and oxygen atoms in total. The first-order chi connectivity index (χ1) is 7.18. The Kier molecular flexibility index (Phi) is 5.48. The van der Waals surface area contributed by atoms with E-state index in [1.54, 1.807) is 0 Å². The third-order valence-electron chi connectivity index (χ3n) is 2.48. The smallest absolute Gasteiger partial charge is 0.117 e. The van der Waals surface area contributed by atoms with Crippen molar-refractivity contribution < 1.29 is 4.42 Å². The topological polar surface area (TPSA) is 25.2 Å². The van der Waals surface area contributed by atoms with Crippen molar-refractivity contribution in [2.45, 2.75) is 46.6 Å². The molecule has 0 aliphatic heterocycles. The first-order valence-corrected chi connectivity index (χ1v) is 5.94. The zero-order valence-electron chi connectivity index (χ0n) is 10.2. The molecule has 0 unspecified atom stereocenters. The number of furan rings is 1. The van der Waals surface area contributed by atoms with E-state index in [0.717, 1.165) is 30.5 Å². The summed E-state index contributed by atoms with van der Waals surface area (Å²) in [5, 5.41) is 3.39. The fourth-order valence-corrected chi connectivity index (χ4v) is 1.59. The van der Waals surface area contributed by atoms with Gasteiger partial charge in [0.25, 0.3) is 0 Å². The van der Waals surface area contributed by atoms with Gasteiger partial charge in [-0.2, -0.15) is 0 Å². The largest absolute Gasteiger partial charge is 0.465 e. The highest BCUT2D eigenvalue weighted by Gasteiger charge is 1.97. The van der Waals surface area contributed by atoms with Crippen LogP contribution < -0.4 is 5.32 Å². The molecular weight excluding hydrogens is 186 g/mol. The normalized spacial score (nSPS) is 11.2. The summed E-state index contributed by atoms with van der Waals surface area (Å²) in [6.45, 7) is 8.48. The second-order valence-electron chi connectivity index (χ2n) is 4.58. The zero-order valence-corrected chi connectivity index (χ0v) is 10.2. The van der Waals surface area contributed by atoms with Gasteiger partial charge in [0.15, 0.2) is 0 Å². The summed E-state index contributed by atoms with van der Waals surface area (Å²) in [7, 11) is 0. The van der Waals surface area contributed by atoms with Crippen LogP contribution in [0.4, 0.5) is 0 Å². The third kappa shape index (κ3) is 5.63. The van der Waals surface area contributed by atoms with Gasteiger partial charge in [-0.05, 0) is 37.9 Å². The van der Waals surface area contributed by atoms with Crippen molar-refractivity contribution in [2.24, 2.45) is 5.92 Å². The van der Waals surface area contributed by atoms with E-state index < -0.39 is 0 Å². The summed E-state index contributed by atoms with van der Waals surface area (Å²) in [6, 6.07) is 4.05. The van der Waals surface area contributed by atoms with E-state index in [1.165, 1.54) is 19.3 Å². The Hall–Kier alpha value is -0.760. The maximum Gasteiger partial charge on any atom is 0.117 e. The van der Waals surface area contributed by atoms with Crippen LogP contribution in [0.25, 0.3) is 0 Å². The average molecular weight is 209 g/mol. The van der Waals surface area contributed by atoms with Crippen LogP contribution in [0, 0.1) is 12.8 Å². The summed E-state index contributed by atoms with van der Waals surface area (Å²) in [5.74, 6) is 2.86. The lowest BCUT2D eigenvalue weighted by Crippen LogP contribution is -2.14. The minimum absolute atomic E-state index is 0.831. The molecule has 0 saturated heterocycles. The highest BCUT2D eigenvalue weighted by Crippen LogP contribution is 2.07. The quantitative estimate of drug-likeness (QED) is 0.695. The fourth-order valence-electron chi connectivity index (χ4n) is 1.59. The second kappa shape index (κ2) is 6.67. The number of hydrogen-bond donors (Lipinski definition) is 1. The molecule has 0 bridgehead atoms. The lowest BCUT2D eigenvalue weighted by atomic mass is 10.1. The van der Waals surface area contributed by atoms with E-state index in [4.69, 9.17) is 4.42 Å². The van der Waals surface area contributed by atoms with Gasteiger partial charge < -0.3 is 9.73 Å². The molecule has 1 rings (SSSR count). The third-order valence-corrected chi connectivity index (χ3v) is 2.48. The Labute approximate surface area is 93.1 Å². The highest BCUT2D eigenvalue weighted by molar-refractivity contribution is 5.04. The van der Waals surface area contributed by atoms with Crippen molar-refractivity contribution in [1.82, 2.24) is 5.32 Å². The average Bonchev–Trinajstić information content (AvgIpc) is 2.57. The van der Waals surface area contributed by atoms with E-state index >= 15 is 0 Å². The molecule has 1 aromatic heterocycles. The lowest BCUT2D eigenvalue weighted by Gasteiger charge is -2.05. The highest BCUT2D eigenvalue weighted by atomic mass is 16.3. The molecule has 86 valence electrons. The minimum Gasteiger partial charge on any atom is -0.465 e. The number of aryl methyl sites for hydroxylation is 1. The molecule has 0 atom stereocenters. The number of hydrogen-bond acceptors (Lipinski definition) is 2. The Bertz CT molecular complexity index is 265. The molecule has 1 heterocycles. The van der Waals surface area contributed by atoms with Crippen LogP contribution in [0.5, 0.6) is 0 Å². The maximum atomic E-state index is 5.47. The van der Waals surface area contributed by atoms with Crippen molar-refractivity contribution in [1.29, 1.82) is 0 Å². The summed E-state index contributed by atoms with van der Waals surface area (Å²) in [4.78, 5) is 0. The molecule has 0 aliphatic rings. The lowest BCUT2D eigenvalue weighted by molar-refractivity contribution is 0.454. The predicted octanol–water partition coefficient (Wildman–Crippen LogP) is 3.50. The SMILES string of the molecule is Cc1ccc(CNCCCCC(C)C)o1. The van der Waals surface area contributed by atoms with Crippen molar-refractivity contribution in [3.8, 4) is 0 Å². The first-order valence-electron chi connectivity index (χ1n) is 5.94. The molecule has 1 aromatic rings. The standard InChI is InChI=1S/C13H23NO/c1-11(2)6-4-5-9-14-10-13-8-7-12(3)15-13/h7-8,11,14H,4-6,9-10H2,1-3H3. The van der Waals surface area contributed by atoms with Gasteiger partial charge in [0.2, 0.25) is 0 Å². The van der Waals surface area contributed by atoms with Crippen molar-refractivity contribution >= 4 is 0 Å². The van der Waals surface area contributed by atoms with Crippen LogP contribution in [0.15, 0.2) is 16.5 Å². The van der Waals surface area contributed by atoms with Gasteiger partial charge in [0.1, 0.15) is 11.5 Å². The molecule has 2 heteroatoms. The van der Waals surface area contributed by atoms with Crippen LogP contribution in [0.1, 0.15) is 44.6 Å². The Morgan fingerprint density at radius 1 is 1.27 bits per heavy atom. The van der Waals surface area contributed by atoms with Crippen LogP contribution in [-0.2, 0) is 6.54 Å². The van der Waals surface area contributed by atoms with E-state index in [9.17, 15) is 0 Å². The molecule has 0 aliphatic carbocycles. The molecule has 0 saturated carbocycles. The molecule has 0 aromatic carbocycles. The first kappa shape index (κ1) is 12.3. The summed E-state index contributed by atoms with van der Waals surface area (Å²) in [5.41, 5.74) is 0. The van der Waals surface area contributed by atoms with Crippen LogP contribution >= 0.6 is 0 Å². The Balaban J connectivity index is 1.98. The molecular formula is C13H23NO. The van der Waals surface area contributed by atoms with E-state index in [1.807, 2.05) is 19.1 Å². The Morgan fingerprint density at radius 2 is 2.07 bits per heavy atom. The van der Waals surface area contributed by atoms with Gasteiger partial charge in [0.05, 0.1) is 6.54 Å². The molecule has 0 amide bonds. The van der Waals surface area contributed by atoms with Crippen molar-refractivity contribution in [3.63, 3.8) is 0 Å². The number of nitrogens with one attached hydrogen (secondary N) is 1. The molecule has 15 heavy (non-hydrogen) atoms. The summed E-state index contributed by atoms with van der Waals surface area (Å²) >= 11 is 0. The van der Waals surface area contributed by atoms with E-state index in [2.05, 4.69) is 19.2 Å². The van der Waals surface area contributed by atoms with Crippen molar-refractivity contribution in [2.75, 3.05) is 6.54 Å². The second-order valence-corrected chi connectivity index (χ2v) is 4.58. The van der Waals surface area contributed by atoms with Crippen LogP contribution in [0.2, 0.25) is 0 Å². The number of rotatable bonds is 7. The van der Waals surface area contributed by atoms with E-state index in [0.29, 0.717) is 0 Å². The van der Waals surface area contributed by atoms with Crippen LogP contribution in [0.3, 0.4) is 0 Å². The van der Waals surface area contributed by atoms with Gasteiger partial charge >= 0.3 is 0 Å². The summed E-state index contributed by atoms with van der Waals surface area (Å²) in [6.07, 6.45) is 3.92. The van der Waals surface area contributed by atoms with Gasteiger partial charge in [-0.15, -0.1) is 0 Å². The van der Waals surface area contributed by atoms with Gasteiger partial charge in [-0.25, -0.2) is 0 Å². The number of unbranched alkanes of at least 4 members (excludes halogenated alkanes) is 1. The van der Waals surface area contributed by atoms with Crippen LogP contribution in [-0.4, -0.2) is 6.54 Å². The molecule has 0 spiro atoms. The van der Waals surface area contributed by atoms with Gasteiger partial charge in [-0.1, -0.05) is 26.7 Å². The molecule has 0 fully saturated rings. The summed E-state index contributed by atoms with van der Waals surface area (Å²) < 4.78 is 5.47. The monoisotopic (exact) mass is 209 g/mol. The minimum atomic E-state index is 0.831.